The molecule has 0 saturated heterocycles. The van der Waals surface area contributed by atoms with Crippen LogP contribution in [0.3, 0.4) is 0 Å². The number of imidazole rings is 1. The number of halogens is 1. The van der Waals surface area contributed by atoms with Crippen LogP contribution < -0.4 is 0 Å². The van der Waals surface area contributed by atoms with Gasteiger partial charge in [-0.15, -0.1) is 0 Å². The van der Waals surface area contributed by atoms with E-state index in [-0.39, 0.29) is 0 Å². The highest BCUT2D eigenvalue weighted by Crippen LogP contribution is 2.71. The number of hydrogen-bond donors (Lipinski definition) is 1. The van der Waals surface area contributed by atoms with Crippen molar-refractivity contribution in [2.45, 2.75) is 25.3 Å². The molecule has 19 heavy (non-hydrogen) atoms. The van der Waals surface area contributed by atoms with Crippen molar-refractivity contribution in [3.05, 3.63) is 27.4 Å². The number of aromatic amines is 1. The van der Waals surface area contributed by atoms with E-state index in [0.717, 1.165) is 32.9 Å². The Bertz CT molecular complexity index is 730. The highest BCUT2D eigenvalue weighted by atomic mass is 79.9. The number of hydrogen-bond acceptors (Lipinski definition) is 1. The lowest BCUT2D eigenvalue weighted by Gasteiger charge is -2.11. The van der Waals surface area contributed by atoms with E-state index in [1.807, 2.05) is 0 Å². The Kier molecular flexibility index (Phi) is 2.06. The second-order valence-electron chi connectivity index (χ2n) is 6.44. The van der Waals surface area contributed by atoms with Gasteiger partial charge in [0.15, 0.2) is 4.77 Å². The molecule has 1 heterocycles. The lowest BCUT2D eigenvalue weighted by Crippen LogP contribution is -2.04. The zero-order valence-electron chi connectivity index (χ0n) is 10.5. The Morgan fingerprint density at radius 1 is 1.21 bits per heavy atom. The van der Waals surface area contributed by atoms with Crippen molar-refractivity contribution < 1.29 is 0 Å². The number of benzene rings is 1. The summed E-state index contributed by atoms with van der Waals surface area (Å²) in [6.45, 7) is 0. The molecular weight excluding hydrogens is 320 g/mol. The molecule has 3 fully saturated rings. The number of fused-ring (bicyclic) bond motifs is 6. The van der Waals surface area contributed by atoms with E-state index in [1.54, 1.807) is 0 Å². The molecule has 3 aliphatic carbocycles. The standard InChI is InChI=1S/C15H15BrN2S/c16-9-3-4-10-11(6-9)18(15(19)17-10)14-12-7-1-2-8(5-7)13(12)14/h3-4,6-8,12-14H,1-2,5H2,(H,17,19). The highest BCUT2D eigenvalue weighted by molar-refractivity contribution is 9.10. The van der Waals surface area contributed by atoms with Gasteiger partial charge in [0.1, 0.15) is 0 Å². The van der Waals surface area contributed by atoms with Gasteiger partial charge in [0.05, 0.1) is 11.0 Å². The van der Waals surface area contributed by atoms with Crippen LogP contribution in [0.4, 0.5) is 0 Å². The summed E-state index contributed by atoms with van der Waals surface area (Å²) in [6.07, 6.45) is 4.41. The van der Waals surface area contributed by atoms with Gasteiger partial charge in [-0.05, 0) is 73.4 Å². The number of nitrogens with zero attached hydrogens (tertiary/aromatic N) is 1. The van der Waals surface area contributed by atoms with Crippen molar-refractivity contribution in [1.82, 2.24) is 9.55 Å². The van der Waals surface area contributed by atoms with Crippen LogP contribution in [0.1, 0.15) is 25.3 Å². The second kappa shape index (κ2) is 3.53. The molecule has 98 valence electrons. The normalized spacial score (nSPS) is 38.9. The number of rotatable bonds is 1. The fourth-order valence-electron chi connectivity index (χ4n) is 5.01. The van der Waals surface area contributed by atoms with Gasteiger partial charge in [-0.1, -0.05) is 15.9 Å². The first-order valence-electron chi connectivity index (χ1n) is 7.14. The summed E-state index contributed by atoms with van der Waals surface area (Å²) in [5, 5.41) is 0. The molecule has 1 N–H and O–H groups in total. The summed E-state index contributed by atoms with van der Waals surface area (Å²) in [5.74, 6) is 3.81. The van der Waals surface area contributed by atoms with Gasteiger partial charge in [0.2, 0.25) is 0 Å². The van der Waals surface area contributed by atoms with E-state index in [2.05, 4.69) is 43.7 Å². The van der Waals surface area contributed by atoms with Gasteiger partial charge < -0.3 is 9.55 Å². The van der Waals surface area contributed by atoms with Gasteiger partial charge >= 0.3 is 0 Å². The number of aromatic nitrogens is 2. The molecule has 5 rings (SSSR count). The maximum atomic E-state index is 5.58. The van der Waals surface area contributed by atoms with Crippen LogP contribution >= 0.6 is 28.1 Å². The van der Waals surface area contributed by atoms with Crippen LogP contribution in [-0.2, 0) is 0 Å². The fourth-order valence-corrected chi connectivity index (χ4v) is 5.69. The summed E-state index contributed by atoms with van der Waals surface area (Å²) >= 11 is 9.16. The predicted molar refractivity (Wildman–Crippen MR) is 81.7 cm³/mol. The molecule has 0 aliphatic heterocycles. The quantitative estimate of drug-likeness (QED) is 0.751. The van der Waals surface area contributed by atoms with Gasteiger partial charge in [-0.3, -0.25) is 0 Å². The number of nitrogens with one attached hydrogen (secondary N) is 1. The molecule has 4 unspecified atom stereocenters. The van der Waals surface area contributed by atoms with Gasteiger partial charge in [-0.2, -0.15) is 0 Å². The third-order valence-electron chi connectivity index (χ3n) is 5.67. The third kappa shape index (κ3) is 1.34. The molecular formula is C15H15BrN2S. The molecule has 1 aromatic carbocycles. The highest BCUT2D eigenvalue weighted by Gasteiger charge is 2.66. The summed E-state index contributed by atoms with van der Waals surface area (Å²) in [4.78, 5) is 3.37. The zero-order valence-corrected chi connectivity index (χ0v) is 12.9. The Balaban J connectivity index is 1.69. The van der Waals surface area contributed by atoms with Gasteiger partial charge in [-0.25, -0.2) is 0 Å². The molecule has 2 bridgehead atoms. The molecule has 0 spiro atoms. The maximum Gasteiger partial charge on any atom is 0.178 e. The molecule has 4 heteroatoms. The predicted octanol–water partition coefficient (Wildman–Crippen LogP) is 4.68. The first-order chi connectivity index (χ1) is 9.24. The molecule has 2 aromatic rings. The van der Waals surface area contributed by atoms with E-state index in [4.69, 9.17) is 12.2 Å². The molecule has 0 amide bonds. The van der Waals surface area contributed by atoms with Gasteiger partial charge in [0, 0.05) is 10.5 Å². The smallest absolute Gasteiger partial charge is 0.178 e. The summed E-state index contributed by atoms with van der Waals surface area (Å²) in [6, 6.07) is 7.09. The SMILES string of the molecule is S=c1[nH]c2ccc(Br)cc2n1C1C2C3CCC(C3)C21. The molecule has 1 aromatic heterocycles. The molecule has 0 radical (unpaired) electrons. The Labute approximate surface area is 125 Å². The Morgan fingerprint density at radius 3 is 2.68 bits per heavy atom. The van der Waals surface area contributed by atoms with Crippen LogP contribution in [-0.4, -0.2) is 9.55 Å². The van der Waals surface area contributed by atoms with Crippen LogP contribution in [0.2, 0.25) is 0 Å². The largest absolute Gasteiger partial charge is 0.331 e. The maximum absolute atomic E-state index is 5.58. The van der Waals surface area contributed by atoms with Crippen molar-refractivity contribution in [3.8, 4) is 0 Å². The minimum absolute atomic E-state index is 0.682. The van der Waals surface area contributed by atoms with Crippen LogP contribution in [0.5, 0.6) is 0 Å². The summed E-state index contributed by atoms with van der Waals surface area (Å²) in [7, 11) is 0. The first kappa shape index (κ1) is 11.1. The Morgan fingerprint density at radius 2 is 1.95 bits per heavy atom. The van der Waals surface area contributed by atoms with E-state index in [0.29, 0.717) is 6.04 Å². The lowest BCUT2D eigenvalue weighted by molar-refractivity contribution is 0.456. The first-order valence-corrected chi connectivity index (χ1v) is 8.34. The monoisotopic (exact) mass is 334 g/mol. The lowest BCUT2D eigenvalue weighted by atomic mass is 10.0. The van der Waals surface area contributed by atoms with E-state index >= 15 is 0 Å². The summed E-state index contributed by atoms with van der Waals surface area (Å²) in [5.41, 5.74) is 2.45. The third-order valence-corrected chi connectivity index (χ3v) is 6.46. The molecule has 3 saturated carbocycles. The van der Waals surface area contributed by atoms with Crippen LogP contribution in [0.15, 0.2) is 22.7 Å². The minimum Gasteiger partial charge on any atom is -0.331 e. The van der Waals surface area contributed by atoms with E-state index in [1.165, 1.54) is 30.3 Å². The fraction of sp³-hybridized carbons (Fsp3) is 0.533. The van der Waals surface area contributed by atoms with Crippen molar-refractivity contribution in [1.29, 1.82) is 0 Å². The average molecular weight is 335 g/mol. The van der Waals surface area contributed by atoms with Crippen molar-refractivity contribution in [3.63, 3.8) is 0 Å². The molecule has 2 nitrogen and oxygen atoms in total. The molecule has 3 aliphatic rings. The number of H-pyrrole nitrogens is 1. The Hall–Kier alpha value is -0.610. The van der Waals surface area contributed by atoms with E-state index in [9.17, 15) is 0 Å². The topological polar surface area (TPSA) is 20.7 Å². The van der Waals surface area contributed by atoms with E-state index < -0.39 is 0 Å². The average Bonchev–Trinajstić information content (AvgIpc) is 2.75. The van der Waals surface area contributed by atoms with Crippen molar-refractivity contribution in [2.75, 3.05) is 0 Å². The van der Waals surface area contributed by atoms with Gasteiger partial charge in [0.25, 0.3) is 0 Å². The second-order valence-corrected chi connectivity index (χ2v) is 7.74. The van der Waals surface area contributed by atoms with Crippen molar-refractivity contribution in [2.24, 2.45) is 23.7 Å². The van der Waals surface area contributed by atoms with Crippen molar-refractivity contribution >= 4 is 39.2 Å². The zero-order chi connectivity index (χ0) is 12.7. The van der Waals surface area contributed by atoms with Crippen LogP contribution in [0, 0.1) is 28.4 Å². The molecule has 4 atom stereocenters. The minimum atomic E-state index is 0.682. The summed E-state index contributed by atoms with van der Waals surface area (Å²) < 4.78 is 4.46. The van der Waals surface area contributed by atoms with Crippen LogP contribution in [0.25, 0.3) is 11.0 Å².